The van der Waals surface area contributed by atoms with Crippen molar-refractivity contribution in [1.82, 2.24) is 5.32 Å². The van der Waals surface area contributed by atoms with Gasteiger partial charge in [0.15, 0.2) is 0 Å². The van der Waals surface area contributed by atoms with Crippen molar-refractivity contribution < 1.29 is 1.43 Å². The lowest BCUT2D eigenvalue weighted by molar-refractivity contribution is 0.243. The Morgan fingerprint density at radius 3 is 2.50 bits per heavy atom. The summed E-state index contributed by atoms with van der Waals surface area (Å²) in [7, 11) is 0. The van der Waals surface area contributed by atoms with Gasteiger partial charge in [-0.1, -0.05) is 20.8 Å². The second-order valence-electron chi connectivity index (χ2n) is 3.14. The lowest BCUT2D eigenvalue weighted by Gasteiger charge is -2.33. The first-order chi connectivity index (χ1) is 5.83. The van der Waals surface area contributed by atoms with Crippen molar-refractivity contribution in [3.63, 3.8) is 0 Å². The number of hydrogen-bond acceptors (Lipinski definition) is 2. The lowest BCUT2D eigenvalue weighted by Crippen LogP contribution is -2.40. The Labute approximate surface area is 77.5 Å². The number of rotatable bonds is 3. The molecule has 1 N–H and O–H groups in total. The first-order valence-electron chi connectivity index (χ1n) is 4.93. The van der Waals surface area contributed by atoms with Gasteiger partial charge in [-0.3, -0.25) is 0 Å². The van der Waals surface area contributed by atoms with Gasteiger partial charge >= 0.3 is 0 Å². The fourth-order valence-corrected chi connectivity index (χ4v) is 1.40. The van der Waals surface area contributed by atoms with Gasteiger partial charge < -0.3 is 5.32 Å². The quantitative estimate of drug-likeness (QED) is 0.661. The van der Waals surface area contributed by atoms with Crippen LogP contribution in [0.1, 0.15) is 41.5 Å². The third kappa shape index (κ3) is 4.35. The SMILES string of the molecule is CC.CC1CC(NCCC#N)C1.[HH]. The van der Waals surface area contributed by atoms with Crippen LogP contribution >= 0.6 is 0 Å². The molecule has 0 radical (unpaired) electrons. The Morgan fingerprint density at radius 1 is 1.50 bits per heavy atom. The van der Waals surface area contributed by atoms with E-state index in [1.807, 2.05) is 13.8 Å². The van der Waals surface area contributed by atoms with Crippen LogP contribution in [0.4, 0.5) is 0 Å². The molecule has 1 fully saturated rings. The van der Waals surface area contributed by atoms with Gasteiger partial charge in [-0.25, -0.2) is 0 Å². The summed E-state index contributed by atoms with van der Waals surface area (Å²) >= 11 is 0. The molecule has 0 saturated heterocycles. The molecule has 2 heteroatoms. The number of nitrogens with one attached hydrogen (secondary N) is 1. The van der Waals surface area contributed by atoms with Crippen LogP contribution in [0.15, 0.2) is 0 Å². The second-order valence-corrected chi connectivity index (χ2v) is 3.14. The van der Waals surface area contributed by atoms with Crippen molar-refractivity contribution >= 4 is 0 Å². The van der Waals surface area contributed by atoms with E-state index in [2.05, 4.69) is 18.3 Å². The molecule has 0 heterocycles. The predicted octanol–water partition coefficient (Wildman–Crippen LogP) is 2.56. The highest BCUT2D eigenvalue weighted by atomic mass is 14.9. The lowest BCUT2D eigenvalue weighted by atomic mass is 9.82. The molecule has 0 bridgehead atoms. The van der Waals surface area contributed by atoms with E-state index in [9.17, 15) is 0 Å². The third-order valence-electron chi connectivity index (χ3n) is 2.04. The van der Waals surface area contributed by atoms with Crippen LogP contribution in [-0.4, -0.2) is 12.6 Å². The van der Waals surface area contributed by atoms with Crippen LogP contribution in [0.3, 0.4) is 0 Å². The minimum absolute atomic E-state index is 0. The van der Waals surface area contributed by atoms with E-state index < -0.39 is 0 Å². The molecule has 12 heavy (non-hydrogen) atoms. The van der Waals surface area contributed by atoms with Crippen molar-refractivity contribution in [1.29, 1.82) is 5.26 Å². The van der Waals surface area contributed by atoms with Gasteiger partial charge in [0, 0.05) is 20.4 Å². The van der Waals surface area contributed by atoms with E-state index >= 15 is 0 Å². The standard InChI is InChI=1S/C8H14N2.C2H6.H2/c1-7-5-8(6-7)10-4-2-3-9;1-2;/h7-8,10H,2,4-6H2,1H3;1-2H3;1H. The Kier molecular flexibility index (Phi) is 6.79. The van der Waals surface area contributed by atoms with E-state index in [-0.39, 0.29) is 1.43 Å². The van der Waals surface area contributed by atoms with Crippen LogP contribution in [0.5, 0.6) is 0 Å². The molecule has 72 valence electrons. The van der Waals surface area contributed by atoms with Crippen molar-refractivity contribution in [3.8, 4) is 6.07 Å². The summed E-state index contributed by atoms with van der Waals surface area (Å²) in [6.45, 7) is 7.14. The summed E-state index contributed by atoms with van der Waals surface area (Å²) < 4.78 is 0. The largest absolute Gasteiger partial charge is 0.313 e. The average Bonchev–Trinajstić information content (AvgIpc) is 2.05. The van der Waals surface area contributed by atoms with Crippen molar-refractivity contribution in [2.45, 2.75) is 46.1 Å². The van der Waals surface area contributed by atoms with Gasteiger partial charge in [-0.2, -0.15) is 5.26 Å². The van der Waals surface area contributed by atoms with Gasteiger partial charge in [0.2, 0.25) is 0 Å². The highest BCUT2D eigenvalue weighted by Gasteiger charge is 2.23. The number of hydrogen-bond donors (Lipinski definition) is 1. The minimum Gasteiger partial charge on any atom is -0.313 e. The molecule has 0 spiro atoms. The highest BCUT2D eigenvalue weighted by Crippen LogP contribution is 2.25. The summed E-state index contributed by atoms with van der Waals surface area (Å²) in [6, 6.07) is 2.83. The van der Waals surface area contributed by atoms with Crippen LogP contribution in [0, 0.1) is 17.2 Å². The molecule has 2 nitrogen and oxygen atoms in total. The highest BCUT2D eigenvalue weighted by molar-refractivity contribution is 4.83. The molecule has 0 amide bonds. The molecular formula is C10H22N2. The fraction of sp³-hybridized carbons (Fsp3) is 0.900. The normalized spacial score (nSPS) is 26.2. The van der Waals surface area contributed by atoms with Crippen molar-refractivity contribution in [2.24, 2.45) is 5.92 Å². The van der Waals surface area contributed by atoms with E-state index in [1.54, 1.807) is 0 Å². The molecule has 0 atom stereocenters. The van der Waals surface area contributed by atoms with E-state index in [0.717, 1.165) is 12.5 Å². The topological polar surface area (TPSA) is 35.8 Å². The first kappa shape index (κ1) is 11.4. The maximum absolute atomic E-state index is 8.23. The van der Waals surface area contributed by atoms with E-state index in [0.29, 0.717) is 12.5 Å². The van der Waals surface area contributed by atoms with Crippen LogP contribution in [0.2, 0.25) is 0 Å². The smallest absolute Gasteiger partial charge is 0.0635 e. The summed E-state index contributed by atoms with van der Waals surface area (Å²) in [6.07, 6.45) is 3.24. The molecule has 1 aliphatic carbocycles. The molecule has 0 aliphatic heterocycles. The minimum atomic E-state index is 0. The van der Waals surface area contributed by atoms with Gasteiger partial charge in [-0.15, -0.1) is 0 Å². The van der Waals surface area contributed by atoms with Gasteiger partial charge in [-0.05, 0) is 18.8 Å². The number of nitriles is 1. The maximum atomic E-state index is 8.23. The predicted molar refractivity (Wildman–Crippen MR) is 53.9 cm³/mol. The zero-order chi connectivity index (χ0) is 9.40. The molecule has 0 unspecified atom stereocenters. The molecular weight excluding hydrogens is 148 g/mol. The summed E-state index contributed by atoms with van der Waals surface area (Å²) in [4.78, 5) is 0. The zero-order valence-corrected chi connectivity index (χ0v) is 8.43. The van der Waals surface area contributed by atoms with Gasteiger partial charge in [0.1, 0.15) is 0 Å². The molecule has 1 rings (SSSR count). The monoisotopic (exact) mass is 170 g/mol. The van der Waals surface area contributed by atoms with Crippen LogP contribution in [-0.2, 0) is 0 Å². The van der Waals surface area contributed by atoms with Crippen LogP contribution in [0.25, 0.3) is 0 Å². The molecule has 0 aromatic rings. The summed E-state index contributed by atoms with van der Waals surface area (Å²) in [5.74, 6) is 0.902. The number of nitrogens with zero attached hydrogens (tertiary/aromatic N) is 1. The average molecular weight is 170 g/mol. The Balaban J connectivity index is 0. The summed E-state index contributed by atoms with van der Waals surface area (Å²) in [5.41, 5.74) is 0. The van der Waals surface area contributed by atoms with Gasteiger partial charge in [0.05, 0.1) is 6.07 Å². The van der Waals surface area contributed by atoms with E-state index in [4.69, 9.17) is 5.26 Å². The Hall–Kier alpha value is -0.550. The zero-order valence-electron chi connectivity index (χ0n) is 8.43. The fourth-order valence-electron chi connectivity index (χ4n) is 1.40. The Bertz CT molecular complexity index is 136. The maximum Gasteiger partial charge on any atom is 0.0635 e. The molecule has 0 aromatic heterocycles. The van der Waals surface area contributed by atoms with Crippen LogP contribution < -0.4 is 5.32 Å². The Morgan fingerprint density at radius 2 is 2.08 bits per heavy atom. The molecule has 1 saturated carbocycles. The van der Waals surface area contributed by atoms with Gasteiger partial charge in [0.25, 0.3) is 0 Å². The first-order valence-corrected chi connectivity index (χ1v) is 4.93. The van der Waals surface area contributed by atoms with Crippen molar-refractivity contribution in [2.75, 3.05) is 6.54 Å². The molecule has 1 aliphatic rings. The van der Waals surface area contributed by atoms with Crippen molar-refractivity contribution in [3.05, 3.63) is 0 Å². The van der Waals surface area contributed by atoms with E-state index in [1.165, 1.54) is 12.8 Å². The second kappa shape index (κ2) is 7.12. The molecule has 0 aromatic carbocycles. The third-order valence-corrected chi connectivity index (χ3v) is 2.04. The summed E-state index contributed by atoms with van der Waals surface area (Å²) in [5, 5.41) is 11.6.